The van der Waals surface area contributed by atoms with Gasteiger partial charge in [-0.3, -0.25) is 0 Å². The van der Waals surface area contributed by atoms with Crippen LogP contribution in [0.5, 0.6) is 0 Å². The van der Waals surface area contributed by atoms with Gasteiger partial charge in [0.25, 0.3) is 0 Å². The van der Waals surface area contributed by atoms with Gasteiger partial charge < -0.3 is 48.7 Å². The molecular weight excluding hydrogens is 379 g/mol. The smallest absolute Gasteiger partial charge is 0.822 e. The van der Waals surface area contributed by atoms with Crippen molar-refractivity contribution in [1.82, 2.24) is 0 Å². The molecule has 0 saturated heterocycles. The minimum atomic E-state index is -5.39. The Morgan fingerprint density at radius 3 is 0.778 bits per heavy atom. The monoisotopic (exact) mass is 381 g/mol. The summed E-state index contributed by atoms with van der Waals surface area (Å²) >= 11 is 0. The van der Waals surface area contributed by atoms with E-state index in [1.165, 1.54) is 0 Å². The van der Waals surface area contributed by atoms with E-state index in [0.29, 0.717) is 0 Å². The molecule has 0 fully saturated rings. The molecule has 101 valence electrons. The topological polar surface area (TPSA) is 230 Å². The van der Waals surface area contributed by atoms with Gasteiger partial charge >= 0.3 is 77.7 Å². The van der Waals surface area contributed by atoms with Gasteiger partial charge in [-0.2, -0.15) is 15.6 Å². The standard InChI is InChI=1S/CH2O3.Co.Fe.2Li.2H3O4P/c2-1(3)4;;;;;2*1-5(2,3)4/h(H2,2,3,4);;;;;2*(H3,1,2,3,4)/q;2*+2;2*+1;;/p-6. The van der Waals surface area contributed by atoms with Crippen LogP contribution in [-0.2, 0) is 43.0 Å². The third-order valence-electron chi connectivity index (χ3n) is 0. The summed E-state index contributed by atoms with van der Waals surface area (Å²) in [6, 6.07) is 0. The average molecular weight is 381 g/mol. The van der Waals surface area contributed by atoms with Crippen LogP contribution in [0.15, 0.2) is 0 Å². The molecule has 0 aliphatic heterocycles. The molecule has 1 radical (unpaired) electrons. The minimum Gasteiger partial charge on any atom is -0.822 e. The zero-order chi connectivity index (χ0) is 12.6. The molecule has 0 saturated carbocycles. The Kier molecular flexibility index (Phi) is 49.9. The summed E-state index contributed by atoms with van der Waals surface area (Å²) in [4.78, 5) is 59.8. The van der Waals surface area contributed by atoms with Gasteiger partial charge in [-0.15, -0.1) is 0 Å². The van der Waals surface area contributed by atoms with Gasteiger partial charge in [-0.1, -0.05) is 0 Å². The first-order valence-corrected chi connectivity index (χ1v) is 5.03. The zero-order valence-corrected chi connectivity index (χ0v) is 12.6. The number of carboxylic acid groups (broad SMARTS) is 2. The van der Waals surface area contributed by atoms with Crippen molar-refractivity contribution in [2.45, 2.75) is 0 Å². The fraction of sp³-hybridized carbons (Fsp3) is 0. The summed E-state index contributed by atoms with van der Waals surface area (Å²) < 4.78 is 17.1. The summed E-state index contributed by atoms with van der Waals surface area (Å²) in [6.07, 6.45) is -1.83. The number of phosphoric acid groups is 2. The number of hydrogen-bond donors (Lipinski definition) is 2. The fourth-order valence-corrected chi connectivity index (χ4v) is 0. The van der Waals surface area contributed by atoms with E-state index in [2.05, 4.69) is 0 Å². The van der Waals surface area contributed by atoms with Gasteiger partial charge in [0.05, 0.1) is 0 Å². The van der Waals surface area contributed by atoms with Gasteiger partial charge in [-0.25, -0.2) is 4.79 Å². The Bertz CT molecular complexity index is 209. The summed E-state index contributed by atoms with van der Waals surface area (Å²) in [5.41, 5.74) is 0. The van der Waals surface area contributed by atoms with Gasteiger partial charge in [0.15, 0.2) is 0 Å². The van der Waals surface area contributed by atoms with Crippen LogP contribution < -0.4 is 67.1 Å². The third-order valence-corrected chi connectivity index (χ3v) is 0. The molecule has 0 aliphatic rings. The Balaban J connectivity index is -0.0000000183. The van der Waals surface area contributed by atoms with Crippen molar-refractivity contribution in [1.29, 1.82) is 0 Å². The number of carbonyl (C=O) groups is 1. The van der Waals surface area contributed by atoms with E-state index in [-0.39, 0.29) is 71.6 Å². The molecule has 0 aromatic heterocycles. The second-order valence-corrected chi connectivity index (χ2v) is 2.97. The summed E-state index contributed by atoms with van der Waals surface area (Å²) in [6.45, 7) is 0. The molecule has 0 bridgehead atoms. The first-order valence-electron chi connectivity index (χ1n) is 2.11. The number of rotatable bonds is 0. The summed E-state index contributed by atoms with van der Waals surface area (Å²) in [5, 5.41) is 13.9. The van der Waals surface area contributed by atoms with E-state index in [1.54, 1.807) is 0 Å². The van der Waals surface area contributed by atoms with E-state index in [9.17, 15) is 0 Å². The van der Waals surface area contributed by atoms with Crippen molar-refractivity contribution >= 4 is 21.8 Å². The molecule has 0 aromatic rings. The van der Waals surface area contributed by atoms with Crippen LogP contribution in [0.2, 0.25) is 0 Å². The predicted molar refractivity (Wildman–Crippen MR) is 25.9 cm³/mol. The average Bonchev–Trinajstić information content (AvgIpc) is 1.45. The minimum absolute atomic E-state index is 0. The first-order chi connectivity index (χ1) is 5.73. The Morgan fingerprint density at radius 2 is 0.778 bits per heavy atom. The molecule has 0 atom stereocenters. The molecular formula is CH2CoFeLi2O11P2. The van der Waals surface area contributed by atoms with E-state index >= 15 is 0 Å². The Labute approximate surface area is 146 Å². The van der Waals surface area contributed by atoms with Gasteiger partial charge in [-0.05, 0) is 0 Å². The van der Waals surface area contributed by atoms with Crippen LogP contribution in [0, 0.1) is 0 Å². The van der Waals surface area contributed by atoms with Crippen LogP contribution in [0.4, 0.5) is 4.79 Å². The Hall–Kier alpha value is 1.71. The quantitative estimate of drug-likeness (QED) is 0.295. The second-order valence-electron chi connectivity index (χ2n) is 1.18. The molecule has 2 N–H and O–H groups in total. The van der Waals surface area contributed by atoms with Gasteiger partial charge in [0.1, 0.15) is 0 Å². The molecule has 0 aromatic carbocycles. The molecule has 0 unspecified atom stereocenters. The molecule has 17 heteroatoms. The van der Waals surface area contributed by atoms with Gasteiger partial charge in [0.2, 0.25) is 0 Å². The van der Waals surface area contributed by atoms with Crippen LogP contribution in [0.1, 0.15) is 0 Å². The zero-order valence-electron chi connectivity index (χ0n) is 8.65. The molecule has 0 aliphatic carbocycles. The molecule has 18 heavy (non-hydrogen) atoms. The largest absolute Gasteiger partial charge is 2.00 e. The van der Waals surface area contributed by atoms with E-state index < -0.39 is 21.8 Å². The van der Waals surface area contributed by atoms with Crippen molar-refractivity contribution in [2.24, 2.45) is 0 Å². The van der Waals surface area contributed by atoms with Crippen molar-refractivity contribution < 1.29 is 125 Å². The van der Waals surface area contributed by atoms with E-state index in [0.717, 1.165) is 0 Å². The van der Waals surface area contributed by atoms with E-state index in [4.69, 9.17) is 53.5 Å². The normalized spacial score (nSPS) is 7.89. The van der Waals surface area contributed by atoms with E-state index in [1.807, 2.05) is 0 Å². The molecule has 0 amide bonds. The maximum absolute atomic E-state index is 8.56. The predicted octanol–water partition coefficient (Wildman–Crippen LogP) is -11.4. The van der Waals surface area contributed by atoms with Crippen molar-refractivity contribution in [3.8, 4) is 0 Å². The van der Waals surface area contributed by atoms with Crippen LogP contribution in [0.25, 0.3) is 0 Å². The molecule has 0 spiro atoms. The molecule has 0 rings (SSSR count). The fourth-order valence-electron chi connectivity index (χ4n) is 0. The van der Waals surface area contributed by atoms with Crippen LogP contribution >= 0.6 is 15.6 Å². The van der Waals surface area contributed by atoms with Crippen molar-refractivity contribution in [3.63, 3.8) is 0 Å². The SMILES string of the molecule is O=C(O)O.O=P([O-])([O-])[O-].O=P([O-])([O-])[O-].[Co+2].[Fe+2].[Li+].[Li+]. The number of hydrogen-bond acceptors (Lipinski definition) is 9. The maximum atomic E-state index is 8.56. The summed E-state index contributed by atoms with van der Waals surface area (Å²) in [7, 11) is -10.8. The van der Waals surface area contributed by atoms with Crippen LogP contribution in [0.3, 0.4) is 0 Å². The molecule has 11 nitrogen and oxygen atoms in total. The van der Waals surface area contributed by atoms with Crippen molar-refractivity contribution in [2.75, 3.05) is 0 Å². The first kappa shape index (κ1) is 42.7. The maximum Gasteiger partial charge on any atom is 2.00 e. The second kappa shape index (κ2) is 21.0. The Morgan fingerprint density at radius 1 is 0.778 bits per heavy atom. The third kappa shape index (κ3) is 1690. The molecule has 0 heterocycles. The van der Waals surface area contributed by atoms with Gasteiger partial charge in [0, 0.05) is 0 Å². The summed E-state index contributed by atoms with van der Waals surface area (Å²) in [5.74, 6) is 0. The van der Waals surface area contributed by atoms with Crippen LogP contribution in [-0.4, -0.2) is 16.4 Å². The van der Waals surface area contributed by atoms with Crippen molar-refractivity contribution in [3.05, 3.63) is 0 Å².